The summed E-state index contributed by atoms with van der Waals surface area (Å²) in [5.41, 5.74) is 1.71. The van der Waals surface area contributed by atoms with Crippen LogP contribution in [0.15, 0.2) is 46.9 Å². The van der Waals surface area contributed by atoms with Crippen LogP contribution in [0.3, 0.4) is 0 Å². The maximum atomic E-state index is 9.38. The SMILES string of the molecule is N#CC(Nc1ccccc1Br)c1ccc2c(c1)OCO2. The van der Waals surface area contributed by atoms with Crippen LogP contribution in [0.2, 0.25) is 0 Å². The Morgan fingerprint density at radius 3 is 2.75 bits per heavy atom. The third-order valence-electron chi connectivity index (χ3n) is 3.03. The van der Waals surface area contributed by atoms with Crippen LogP contribution in [0, 0.1) is 11.3 Å². The van der Waals surface area contributed by atoms with E-state index in [0.717, 1.165) is 15.7 Å². The van der Waals surface area contributed by atoms with Crippen molar-refractivity contribution in [1.29, 1.82) is 5.26 Å². The van der Waals surface area contributed by atoms with Gasteiger partial charge in [0, 0.05) is 10.2 Å². The van der Waals surface area contributed by atoms with E-state index in [1.165, 1.54) is 0 Å². The molecule has 1 unspecified atom stereocenters. The van der Waals surface area contributed by atoms with E-state index in [1.54, 1.807) is 0 Å². The van der Waals surface area contributed by atoms with E-state index in [0.29, 0.717) is 11.5 Å². The molecular formula is C15H11BrN2O2. The Morgan fingerprint density at radius 1 is 1.15 bits per heavy atom. The summed E-state index contributed by atoms with van der Waals surface area (Å²) in [7, 11) is 0. The molecule has 3 rings (SSSR count). The average Bonchev–Trinajstić information content (AvgIpc) is 2.94. The van der Waals surface area contributed by atoms with Crippen molar-refractivity contribution in [2.24, 2.45) is 0 Å². The van der Waals surface area contributed by atoms with E-state index in [4.69, 9.17) is 9.47 Å². The smallest absolute Gasteiger partial charge is 0.231 e. The molecule has 0 fully saturated rings. The van der Waals surface area contributed by atoms with Crippen LogP contribution in [0.4, 0.5) is 5.69 Å². The summed E-state index contributed by atoms with van der Waals surface area (Å²) in [5.74, 6) is 1.39. The molecular weight excluding hydrogens is 320 g/mol. The summed E-state index contributed by atoms with van der Waals surface area (Å²) < 4.78 is 11.5. The number of para-hydroxylation sites is 1. The molecule has 1 aliphatic rings. The highest BCUT2D eigenvalue weighted by atomic mass is 79.9. The minimum absolute atomic E-state index is 0.230. The van der Waals surface area contributed by atoms with Crippen molar-refractivity contribution in [1.82, 2.24) is 0 Å². The normalized spacial score (nSPS) is 13.6. The summed E-state index contributed by atoms with van der Waals surface area (Å²) in [6, 6.07) is 15.0. The number of nitrogens with one attached hydrogen (secondary N) is 1. The number of anilines is 1. The lowest BCUT2D eigenvalue weighted by atomic mass is 10.1. The van der Waals surface area contributed by atoms with Crippen molar-refractivity contribution in [2.45, 2.75) is 6.04 Å². The van der Waals surface area contributed by atoms with Crippen LogP contribution in [0.5, 0.6) is 11.5 Å². The van der Waals surface area contributed by atoms with Crippen LogP contribution in [-0.4, -0.2) is 6.79 Å². The van der Waals surface area contributed by atoms with E-state index in [1.807, 2.05) is 42.5 Å². The number of halogens is 1. The zero-order valence-electron chi connectivity index (χ0n) is 10.5. The number of fused-ring (bicyclic) bond motifs is 1. The molecule has 0 spiro atoms. The molecule has 0 saturated carbocycles. The first-order valence-electron chi connectivity index (χ1n) is 6.08. The highest BCUT2D eigenvalue weighted by Crippen LogP contribution is 2.35. The van der Waals surface area contributed by atoms with Crippen LogP contribution < -0.4 is 14.8 Å². The van der Waals surface area contributed by atoms with Gasteiger partial charge in [-0.25, -0.2) is 0 Å². The third-order valence-corrected chi connectivity index (χ3v) is 3.72. The van der Waals surface area contributed by atoms with Crippen LogP contribution in [0.1, 0.15) is 11.6 Å². The average molecular weight is 331 g/mol. The molecule has 1 aliphatic heterocycles. The Kier molecular flexibility index (Phi) is 3.48. The largest absolute Gasteiger partial charge is 0.454 e. The molecule has 0 amide bonds. The van der Waals surface area contributed by atoms with Gasteiger partial charge < -0.3 is 14.8 Å². The molecule has 4 nitrogen and oxygen atoms in total. The molecule has 0 saturated heterocycles. The first kappa shape index (κ1) is 12.8. The molecule has 0 bridgehead atoms. The zero-order chi connectivity index (χ0) is 13.9. The minimum atomic E-state index is -0.455. The summed E-state index contributed by atoms with van der Waals surface area (Å²) in [6.07, 6.45) is 0. The molecule has 0 radical (unpaired) electrons. The highest BCUT2D eigenvalue weighted by molar-refractivity contribution is 9.10. The first-order chi connectivity index (χ1) is 9.78. The number of nitrogens with zero attached hydrogens (tertiary/aromatic N) is 1. The van der Waals surface area contributed by atoms with Crippen molar-refractivity contribution in [3.63, 3.8) is 0 Å². The van der Waals surface area contributed by atoms with Gasteiger partial charge in [-0.3, -0.25) is 0 Å². The molecule has 5 heteroatoms. The van der Waals surface area contributed by atoms with E-state index in [-0.39, 0.29) is 6.79 Å². The Morgan fingerprint density at radius 2 is 1.95 bits per heavy atom. The molecule has 0 aliphatic carbocycles. The number of benzene rings is 2. The standard InChI is InChI=1S/C15H11BrN2O2/c16-11-3-1-2-4-12(11)18-13(8-17)10-5-6-14-15(7-10)20-9-19-14/h1-7,13,18H,9H2. The Balaban J connectivity index is 1.87. The second-order valence-corrected chi connectivity index (χ2v) is 5.15. The van der Waals surface area contributed by atoms with Gasteiger partial charge >= 0.3 is 0 Å². The molecule has 1 N–H and O–H groups in total. The maximum Gasteiger partial charge on any atom is 0.231 e. The minimum Gasteiger partial charge on any atom is -0.454 e. The summed E-state index contributed by atoms with van der Waals surface area (Å²) in [4.78, 5) is 0. The lowest BCUT2D eigenvalue weighted by Crippen LogP contribution is -2.08. The van der Waals surface area contributed by atoms with Gasteiger partial charge in [-0.2, -0.15) is 5.26 Å². The van der Waals surface area contributed by atoms with Crippen molar-refractivity contribution in [2.75, 3.05) is 12.1 Å². The Hall–Kier alpha value is -2.19. The van der Waals surface area contributed by atoms with Gasteiger partial charge in [0.15, 0.2) is 11.5 Å². The topological polar surface area (TPSA) is 54.3 Å². The number of rotatable bonds is 3. The lowest BCUT2D eigenvalue weighted by Gasteiger charge is -2.15. The molecule has 20 heavy (non-hydrogen) atoms. The predicted molar refractivity (Wildman–Crippen MR) is 78.7 cm³/mol. The summed E-state index contributed by atoms with van der Waals surface area (Å²) >= 11 is 3.46. The number of hydrogen-bond acceptors (Lipinski definition) is 4. The highest BCUT2D eigenvalue weighted by Gasteiger charge is 2.18. The second-order valence-electron chi connectivity index (χ2n) is 4.30. The summed E-state index contributed by atoms with van der Waals surface area (Å²) in [6.45, 7) is 0.230. The van der Waals surface area contributed by atoms with Crippen LogP contribution >= 0.6 is 15.9 Å². The van der Waals surface area contributed by atoms with Gasteiger partial charge in [0.1, 0.15) is 6.04 Å². The molecule has 1 heterocycles. The van der Waals surface area contributed by atoms with Gasteiger partial charge in [-0.05, 0) is 45.8 Å². The Labute approximate surface area is 125 Å². The zero-order valence-corrected chi connectivity index (χ0v) is 12.1. The van der Waals surface area contributed by atoms with Gasteiger partial charge in [0.05, 0.1) is 6.07 Å². The number of ether oxygens (including phenoxy) is 2. The number of nitriles is 1. The maximum absolute atomic E-state index is 9.38. The van der Waals surface area contributed by atoms with E-state index in [2.05, 4.69) is 27.3 Å². The second kappa shape index (κ2) is 5.43. The molecule has 0 aromatic heterocycles. The predicted octanol–water partition coefficient (Wildman–Crippen LogP) is 3.85. The monoisotopic (exact) mass is 330 g/mol. The van der Waals surface area contributed by atoms with Crippen LogP contribution in [0.25, 0.3) is 0 Å². The molecule has 2 aromatic rings. The van der Waals surface area contributed by atoms with Crippen molar-refractivity contribution >= 4 is 21.6 Å². The molecule has 1 atom stereocenters. The Bertz CT molecular complexity index is 682. The van der Waals surface area contributed by atoms with E-state index >= 15 is 0 Å². The molecule has 100 valence electrons. The van der Waals surface area contributed by atoms with Crippen molar-refractivity contribution in [3.8, 4) is 17.6 Å². The fourth-order valence-corrected chi connectivity index (χ4v) is 2.42. The molecule has 2 aromatic carbocycles. The van der Waals surface area contributed by atoms with Gasteiger partial charge in [0.25, 0.3) is 0 Å². The van der Waals surface area contributed by atoms with Crippen molar-refractivity contribution in [3.05, 3.63) is 52.5 Å². The van der Waals surface area contributed by atoms with Gasteiger partial charge in [-0.15, -0.1) is 0 Å². The fourth-order valence-electron chi connectivity index (χ4n) is 2.02. The van der Waals surface area contributed by atoms with Gasteiger partial charge in [-0.1, -0.05) is 18.2 Å². The number of hydrogen-bond donors (Lipinski definition) is 1. The van der Waals surface area contributed by atoms with E-state index < -0.39 is 6.04 Å². The fraction of sp³-hybridized carbons (Fsp3) is 0.133. The van der Waals surface area contributed by atoms with Crippen LogP contribution in [-0.2, 0) is 0 Å². The third kappa shape index (κ3) is 2.43. The lowest BCUT2D eigenvalue weighted by molar-refractivity contribution is 0.174. The van der Waals surface area contributed by atoms with Gasteiger partial charge in [0.2, 0.25) is 6.79 Å². The van der Waals surface area contributed by atoms with E-state index in [9.17, 15) is 5.26 Å². The quantitative estimate of drug-likeness (QED) is 0.928. The first-order valence-corrected chi connectivity index (χ1v) is 6.87. The van der Waals surface area contributed by atoms with Crippen molar-refractivity contribution < 1.29 is 9.47 Å². The summed E-state index contributed by atoms with van der Waals surface area (Å²) in [5, 5.41) is 12.6.